The van der Waals surface area contributed by atoms with Gasteiger partial charge < -0.3 is 4.74 Å². The highest BCUT2D eigenvalue weighted by Gasteiger charge is 2.13. The van der Waals surface area contributed by atoms with Gasteiger partial charge in [0.1, 0.15) is 0 Å². The van der Waals surface area contributed by atoms with Crippen LogP contribution in [0.2, 0.25) is 0 Å². The molecule has 0 aromatic heterocycles. The van der Waals surface area contributed by atoms with Crippen LogP contribution in [0.3, 0.4) is 0 Å². The van der Waals surface area contributed by atoms with Gasteiger partial charge in [0, 0.05) is 6.42 Å². The summed E-state index contributed by atoms with van der Waals surface area (Å²) >= 11 is 0. The van der Waals surface area contributed by atoms with Gasteiger partial charge in [-0.2, -0.15) is 0 Å². The maximum absolute atomic E-state index is 11.3. The molecule has 0 aliphatic heterocycles. The zero-order valence-corrected chi connectivity index (χ0v) is 12.9. The molecule has 0 aliphatic carbocycles. The number of esters is 2. The van der Waals surface area contributed by atoms with Crippen LogP contribution in [0, 0.1) is 5.92 Å². The van der Waals surface area contributed by atoms with E-state index < -0.39 is 5.97 Å². The van der Waals surface area contributed by atoms with Crippen LogP contribution in [0.15, 0.2) is 0 Å². The summed E-state index contributed by atoms with van der Waals surface area (Å²) in [5, 5.41) is 0. The third-order valence-electron chi connectivity index (χ3n) is 3.17. The molecule has 0 radical (unpaired) electrons. The van der Waals surface area contributed by atoms with E-state index in [9.17, 15) is 9.59 Å². The van der Waals surface area contributed by atoms with E-state index in [1.807, 2.05) is 0 Å². The molecule has 0 bridgehead atoms. The summed E-state index contributed by atoms with van der Waals surface area (Å²) in [5.41, 5.74) is 0. The molecular formula is C16H30O3. The summed E-state index contributed by atoms with van der Waals surface area (Å²) < 4.78 is 4.71. The Balaban J connectivity index is 3.30. The summed E-state index contributed by atoms with van der Waals surface area (Å²) in [7, 11) is 0. The molecule has 0 aromatic rings. The lowest BCUT2D eigenvalue weighted by Gasteiger charge is -2.05. The van der Waals surface area contributed by atoms with Crippen LogP contribution in [-0.4, -0.2) is 11.9 Å². The van der Waals surface area contributed by atoms with Crippen molar-refractivity contribution in [3.63, 3.8) is 0 Å². The largest absolute Gasteiger partial charge is 0.393 e. The maximum Gasteiger partial charge on any atom is 0.316 e. The fourth-order valence-electron chi connectivity index (χ4n) is 1.86. The SMILES string of the molecule is CCCCCCCCCCCC(=O)OC(=O)C(C)C. The van der Waals surface area contributed by atoms with E-state index in [2.05, 4.69) is 6.92 Å². The number of unbranched alkanes of at least 4 members (excludes halogenated alkanes) is 8. The third kappa shape index (κ3) is 11.9. The molecule has 0 atom stereocenters. The molecule has 3 nitrogen and oxygen atoms in total. The molecule has 0 N–H and O–H groups in total. The van der Waals surface area contributed by atoms with Crippen molar-refractivity contribution in [2.24, 2.45) is 5.92 Å². The predicted molar refractivity (Wildman–Crippen MR) is 77.8 cm³/mol. The molecular weight excluding hydrogens is 240 g/mol. The summed E-state index contributed by atoms with van der Waals surface area (Å²) in [4.78, 5) is 22.5. The van der Waals surface area contributed by atoms with Crippen molar-refractivity contribution in [3.8, 4) is 0 Å². The molecule has 3 heteroatoms. The van der Waals surface area contributed by atoms with Crippen molar-refractivity contribution in [1.82, 2.24) is 0 Å². The van der Waals surface area contributed by atoms with Crippen molar-refractivity contribution in [2.45, 2.75) is 85.0 Å². The fourth-order valence-corrected chi connectivity index (χ4v) is 1.86. The molecule has 0 heterocycles. The lowest BCUT2D eigenvalue weighted by Crippen LogP contribution is -2.16. The van der Waals surface area contributed by atoms with Crippen molar-refractivity contribution in [3.05, 3.63) is 0 Å². The van der Waals surface area contributed by atoms with Crippen molar-refractivity contribution in [2.75, 3.05) is 0 Å². The van der Waals surface area contributed by atoms with E-state index >= 15 is 0 Å². The lowest BCUT2D eigenvalue weighted by molar-refractivity contribution is -0.162. The van der Waals surface area contributed by atoms with E-state index in [4.69, 9.17) is 4.74 Å². The number of hydrogen-bond acceptors (Lipinski definition) is 3. The van der Waals surface area contributed by atoms with Gasteiger partial charge in [-0.3, -0.25) is 9.59 Å². The van der Waals surface area contributed by atoms with Crippen LogP contribution in [0.25, 0.3) is 0 Å². The van der Waals surface area contributed by atoms with Gasteiger partial charge in [-0.1, -0.05) is 72.1 Å². The standard InChI is InChI=1S/C16H30O3/c1-4-5-6-7-8-9-10-11-12-13-15(17)19-16(18)14(2)3/h14H,4-13H2,1-3H3. The minimum atomic E-state index is -0.416. The first-order valence-corrected chi connectivity index (χ1v) is 7.82. The summed E-state index contributed by atoms with van der Waals surface area (Å²) in [6, 6.07) is 0. The van der Waals surface area contributed by atoms with Gasteiger partial charge in [-0.25, -0.2) is 0 Å². The highest BCUT2D eigenvalue weighted by atomic mass is 16.6. The zero-order valence-electron chi connectivity index (χ0n) is 12.9. The first-order chi connectivity index (χ1) is 9.07. The van der Waals surface area contributed by atoms with Crippen LogP contribution in [-0.2, 0) is 14.3 Å². The van der Waals surface area contributed by atoms with Crippen molar-refractivity contribution in [1.29, 1.82) is 0 Å². The van der Waals surface area contributed by atoms with Gasteiger partial charge in [-0.15, -0.1) is 0 Å². The molecule has 112 valence electrons. The number of rotatable bonds is 11. The first-order valence-electron chi connectivity index (χ1n) is 7.82. The van der Waals surface area contributed by atoms with Gasteiger partial charge in [0.15, 0.2) is 0 Å². The molecule has 0 fully saturated rings. The van der Waals surface area contributed by atoms with Gasteiger partial charge >= 0.3 is 11.9 Å². The Morgan fingerprint density at radius 2 is 1.32 bits per heavy atom. The maximum atomic E-state index is 11.3. The highest BCUT2D eigenvalue weighted by molar-refractivity contribution is 5.86. The van der Waals surface area contributed by atoms with E-state index in [1.54, 1.807) is 13.8 Å². The van der Waals surface area contributed by atoms with Gasteiger partial charge in [0.05, 0.1) is 5.92 Å². The van der Waals surface area contributed by atoms with Gasteiger partial charge in [0.2, 0.25) is 0 Å². The normalized spacial score (nSPS) is 10.7. The van der Waals surface area contributed by atoms with Crippen molar-refractivity contribution >= 4 is 11.9 Å². The van der Waals surface area contributed by atoms with E-state index in [0.29, 0.717) is 6.42 Å². The van der Waals surface area contributed by atoms with E-state index in [1.165, 1.54) is 44.9 Å². The second kappa shape index (κ2) is 12.2. The Morgan fingerprint density at radius 1 is 0.842 bits per heavy atom. The van der Waals surface area contributed by atoms with Crippen LogP contribution in [0.5, 0.6) is 0 Å². The molecule has 0 spiro atoms. The number of carbonyl (C=O) groups excluding carboxylic acids is 2. The average molecular weight is 270 g/mol. The van der Waals surface area contributed by atoms with Gasteiger partial charge in [0.25, 0.3) is 0 Å². The number of hydrogen-bond donors (Lipinski definition) is 0. The average Bonchev–Trinajstić information content (AvgIpc) is 2.36. The molecule has 0 aliphatic rings. The molecule has 0 unspecified atom stereocenters. The van der Waals surface area contributed by atoms with E-state index in [0.717, 1.165) is 12.8 Å². The Hall–Kier alpha value is -0.860. The zero-order chi connectivity index (χ0) is 14.5. The molecule has 0 rings (SSSR count). The molecule has 0 saturated heterocycles. The Morgan fingerprint density at radius 3 is 1.79 bits per heavy atom. The van der Waals surface area contributed by atoms with E-state index in [-0.39, 0.29) is 11.9 Å². The first kappa shape index (κ1) is 18.1. The monoisotopic (exact) mass is 270 g/mol. The lowest BCUT2D eigenvalue weighted by atomic mass is 10.1. The fraction of sp³-hybridized carbons (Fsp3) is 0.875. The molecule has 0 saturated carbocycles. The molecule has 19 heavy (non-hydrogen) atoms. The van der Waals surface area contributed by atoms with Crippen LogP contribution in [0.1, 0.15) is 85.0 Å². The second-order valence-electron chi connectivity index (χ2n) is 5.53. The highest BCUT2D eigenvalue weighted by Crippen LogP contribution is 2.11. The van der Waals surface area contributed by atoms with Crippen molar-refractivity contribution < 1.29 is 14.3 Å². The predicted octanol–water partition coefficient (Wildman–Crippen LogP) is 4.63. The Labute approximate surface area is 118 Å². The topological polar surface area (TPSA) is 43.4 Å². The summed E-state index contributed by atoms with van der Waals surface area (Å²) in [6.07, 6.45) is 11.3. The quantitative estimate of drug-likeness (QED) is 0.312. The molecule has 0 aromatic carbocycles. The Kier molecular flexibility index (Phi) is 11.6. The second-order valence-corrected chi connectivity index (χ2v) is 5.53. The summed E-state index contributed by atoms with van der Waals surface area (Å²) in [6.45, 7) is 5.69. The van der Waals surface area contributed by atoms with Gasteiger partial charge in [-0.05, 0) is 6.42 Å². The minimum absolute atomic E-state index is 0.230. The van der Waals surface area contributed by atoms with Crippen LogP contribution < -0.4 is 0 Å². The number of ether oxygens (including phenoxy) is 1. The smallest absolute Gasteiger partial charge is 0.316 e. The van der Waals surface area contributed by atoms with Crippen LogP contribution >= 0.6 is 0 Å². The third-order valence-corrected chi connectivity index (χ3v) is 3.17. The number of carbonyl (C=O) groups is 2. The minimum Gasteiger partial charge on any atom is -0.393 e. The summed E-state index contributed by atoms with van der Waals surface area (Å²) in [5.74, 6) is -1.02. The molecule has 0 amide bonds. The Bertz CT molecular complexity index is 246. The van der Waals surface area contributed by atoms with Crippen LogP contribution in [0.4, 0.5) is 0 Å².